The van der Waals surface area contributed by atoms with E-state index < -0.39 is 4.92 Å². The lowest BCUT2D eigenvalue weighted by atomic mass is 10.2. The number of nitrogens with one attached hydrogen (secondary N) is 1. The van der Waals surface area contributed by atoms with Crippen LogP contribution in [0.15, 0.2) is 18.2 Å². The first-order chi connectivity index (χ1) is 9.19. The van der Waals surface area contributed by atoms with E-state index in [4.69, 9.17) is 4.74 Å². The third kappa shape index (κ3) is 5.38. The van der Waals surface area contributed by atoms with Crippen molar-refractivity contribution in [3.05, 3.63) is 28.3 Å². The van der Waals surface area contributed by atoms with Crippen LogP contribution in [0.25, 0.3) is 0 Å². The number of nitrogens with zero attached hydrogens (tertiary/aromatic N) is 1. The third-order valence-electron chi connectivity index (χ3n) is 2.74. The molecule has 106 valence electrons. The maximum Gasteiger partial charge on any atom is 0.296 e. The van der Waals surface area contributed by atoms with Crippen molar-refractivity contribution >= 4 is 23.1 Å². The Hall–Kier alpha value is -1.43. The second-order valence-corrected chi connectivity index (χ2v) is 5.11. The number of thioether (sulfide) groups is 1. The number of rotatable bonds is 9. The number of nitro benzene ring substituents is 1. The Balaban J connectivity index is 2.50. The number of unbranched alkanes of at least 4 members (excludes halogenated alkanes) is 2. The van der Waals surface area contributed by atoms with E-state index in [1.165, 1.54) is 25.3 Å². The highest BCUT2D eigenvalue weighted by atomic mass is 32.2. The Bertz CT molecular complexity index is 413. The molecule has 0 saturated carbocycles. The monoisotopic (exact) mass is 284 g/mol. The zero-order valence-electron chi connectivity index (χ0n) is 11.3. The Kier molecular flexibility index (Phi) is 7.10. The van der Waals surface area contributed by atoms with Crippen molar-refractivity contribution in [2.75, 3.05) is 31.0 Å². The average Bonchev–Trinajstić information content (AvgIpc) is 2.42. The molecule has 0 aromatic heterocycles. The van der Waals surface area contributed by atoms with Crippen molar-refractivity contribution in [3.8, 4) is 5.75 Å². The Morgan fingerprint density at radius 3 is 2.79 bits per heavy atom. The van der Waals surface area contributed by atoms with Gasteiger partial charge < -0.3 is 10.1 Å². The van der Waals surface area contributed by atoms with Gasteiger partial charge in [0.05, 0.1) is 18.1 Å². The molecule has 0 spiro atoms. The molecule has 0 unspecified atom stereocenters. The first-order valence-corrected chi connectivity index (χ1v) is 7.63. The number of methoxy groups -OCH3 is 1. The molecule has 0 aliphatic heterocycles. The molecule has 0 heterocycles. The summed E-state index contributed by atoms with van der Waals surface area (Å²) in [7, 11) is 1.50. The maximum absolute atomic E-state index is 11.0. The first kappa shape index (κ1) is 15.6. The van der Waals surface area contributed by atoms with Gasteiger partial charge in [0.25, 0.3) is 5.69 Å². The fraction of sp³-hybridized carbons (Fsp3) is 0.538. The molecule has 0 radical (unpaired) electrons. The van der Waals surface area contributed by atoms with E-state index in [2.05, 4.69) is 11.6 Å². The summed E-state index contributed by atoms with van der Waals surface area (Å²) in [6.07, 6.45) is 5.44. The lowest BCUT2D eigenvalue weighted by Crippen LogP contribution is -2.04. The number of hydrogen-bond donors (Lipinski definition) is 1. The fourth-order valence-corrected chi connectivity index (χ4v) is 2.20. The van der Waals surface area contributed by atoms with Crippen LogP contribution in [0.4, 0.5) is 11.4 Å². The molecule has 0 fully saturated rings. The zero-order valence-corrected chi connectivity index (χ0v) is 12.2. The SMILES string of the molecule is COc1ccc(NCCCCCSC)c([N+](=O)[O-])c1. The summed E-state index contributed by atoms with van der Waals surface area (Å²) in [4.78, 5) is 10.6. The van der Waals surface area contributed by atoms with Crippen molar-refractivity contribution in [1.82, 2.24) is 0 Å². The van der Waals surface area contributed by atoms with E-state index in [9.17, 15) is 10.1 Å². The minimum atomic E-state index is -0.390. The van der Waals surface area contributed by atoms with Crippen LogP contribution in [0, 0.1) is 10.1 Å². The Morgan fingerprint density at radius 2 is 2.16 bits per heavy atom. The summed E-state index contributed by atoms with van der Waals surface area (Å²) in [6.45, 7) is 0.752. The lowest BCUT2D eigenvalue weighted by molar-refractivity contribution is -0.384. The molecule has 19 heavy (non-hydrogen) atoms. The normalized spacial score (nSPS) is 10.2. The van der Waals surface area contributed by atoms with Gasteiger partial charge in [-0.15, -0.1) is 0 Å². The predicted octanol–water partition coefficient (Wildman–Crippen LogP) is 3.55. The largest absolute Gasteiger partial charge is 0.496 e. The molecule has 0 atom stereocenters. The molecular weight excluding hydrogens is 264 g/mol. The van der Waals surface area contributed by atoms with Crippen LogP contribution in [0.2, 0.25) is 0 Å². The molecule has 1 aromatic carbocycles. The Labute approximate surface area is 117 Å². The summed E-state index contributed by atoms with van der Waals surface area (Å²) in [5.74, 6) is 1.67. The smallest absolute Gasteiger partial charge is 0.296 e. The van der Waals surface area contributed by atoms with Crippen molar-refractivity contribution in [2.45, 2.75) is 19.3 Å². The zero-order chi connectivity index (χ0) is 14.1. The van der Waals surface area contributed by atoms with Gasteiger partial charge in [-0.25, -0.2) is 0 Å². The molecule has 5 nitrogen and oxygen atoms in total. The van der Waals surface area contributed by atoms with Crippen molar-refractivity contribution in [1.29, 1.82) is 0 Å². The Morgan fingerprint density at radius 1 is 1.37 bits per heavy atom. The summed E-state index contributed by atoms with van der Waals surface area (Å²) in [6, 6.07) is 4.86. The standard InChI is InChI=1S/C13H20N2O3S/c1-18-11-6-7-12(13(10-11)15(16)17)14-8-4-3-5-9-19-2/h6-7,10,14H,3-5,8-9H2,1-2H3. The quantitative estimate of drug-likeness (QED) is 0.427. The lowest BCUT2D eigenvalue weighted by Gasteiger charge is -2.08. The van der Waals surface area contributed by atoms with Gasteiger partial charge in [-0.3, -0.25) is 10.1 Å². The van der Waals surface area contributed by atoms with E-state index in [-0.39, 0.29) is 5.69 Å². The number of hydrogen-bond acceptors (Lipinski definition) is 5. The molecule has 1 N–H and O–H groups in total. The van der Waals surface area contributed by atoms with Gasteiger partial charge in [0.15, 0.2) is 0 Å². The van der Waals surface area contributed by atoms with Crippen LogP contribution in [0.3, 0.4) is 0 Å². The number of anilines is 1. The minimum absolute atomic E-state index is 0.0588. The third-order valence-corrected chi connectivity index (χ3v) is 3.44. The fourth-order valence-electron chi connectivity index (χ4n) is 1.71. The molecular formula is C13H20N2O3S. The summed E-state index contributed by atoms with van der Waals surface area (Å²) in [5, 5.41) is 14.1. The van der Waals surface area contributed by atoms with Gasteiger partial charge in [-0.1, -0.05) is 6.42 Å². The summed E-state index contributed by atoms with van der Waals surface area (Å²) in [5.41, 5.74) is 0.610. The average molecular weight is 284 g/mol. The second-order valence-electron chi connectivity index (χ2n) is 4.12. The number of ether oxygens (including phenoxy) is 1. The van der Waals surface area contributed by atoms with Crippen molar-refractivity contribution in [3.63, 3.8) is 0 Å². The maximum atomic E-state index is 11.0. The predicted molar refractivity (Wildman–Crippen MR) is 80.4 cm³/mol. The topological polar surface area (TPSA) is 64.4 Å². The van der Waals surface area contributed by atoms with E-state index in [0.29, 0.717) is 11.4 Å². The molecule has 1 rings (SSSR count). The van der Waals surface area contributed by atoms with Crippen LogP contribution < -0.4 is 10.1 Å². The highest BCUT2D eigenvalue weighted by Crippen LogP contribution is 2.28. The van der Waals surface area contributed by atoms with Gasteiger partial charge >= 0.3 is 0 Å². The highest BCUT2D eigenvalue weighted by molar-refractivity contribution is 7.98. The van der Waals surface area contributed by atoms with Gasteiger partial charge in [0.2, 0.25) is 0 Å². The molecule has 0 saturated heterocycles. The van der Waals surface area contributed by atoms with Crippen LogP contribution >= 0.6 is 11.8 Å². The van der Waals surface area contributed by atoms with E-state index in [1.807, 2.05) is 11.8 Å². The molecule has 0 bridgehead atoms. The van der Waals surface area contributed by atoms with E-state index >= 15 is 0 Å². The molecule has 6 heteroatoms. The van der Waals surface area contributed by atoms with E-state index in [1.54, 1.807) is 12.1 Å². The molecule has 0 aliphatic carbocycles. The van der Waals surface area contributed by atoms with Crippen molar-refractivity contribution in [2.24, 2.45) is 0 Å². The van der Waals surface area contributed by atoms with Crippen molar-refractivity contribution < 1.29 is 9.66 Å². The van der Waals surface area contributed by atoms with Crippen LogP contribution in [-0.2, 0) is 0 Å². The van der Waals surface area contributed by atoms with Gasteiger partial charge in [0.1, 0.15) is 11.4 Å². The summed E-state index contributed by atoms with van der Waals surface area (Å²) < 4.78 is 5.00. The van der Waals surface area contributed by atoms with E-state index in [0.717, 1.165) is 19.4 Å². The van der Waals surface area contributed by atoms with Gasteiger partial charge in [-0.2, -0.15) is 11.8 Å². The molecule has 1 aromatic rings. The van der Waals surface area contributed by atoms with Crippen LogP contribution in [0.1, 0.15) is 19.3 Å². The van der Waals surface area contributed by atoms with Crippen LogP contribution in [0.5, 0.6) is 5.75 Å². The number of nitro groups is 1. The summed E-state index contributed by atoms with van der Waals surface area (Å²) >= 11 is 1.84. The second kappa shape index (κ2) is 8.63. The molecule has 0 aliphatic rings. The number of benzene rings is 1. The van der Waals surface area contributed by atoms with Crippen LogP contribution in [-0.4, -0.2) is 30.6 Å². The minimum Gasteiger partial charge on any atom is -0.496 e. The van der Waals surface area contributed by atoms with Gasteiger partial charge in [0, 0.05) is 6.54 Å². The van der Waals surface area contributed by atoms with Gasteiger partial charge in [-0.05, 0) is 37.0 Å². The first-order valence-electron chi connectivity index (χ1n) is 6.24. The molecule has 0 amide bonds. The highest BCUT2D eigenvalue weighted by Gasteiger charge is 2.14.